The first kappa shape index (κ1) is 20.7. The van der Waals surface area contributed by atoms with Gasteiger partial charge in [0, 0.05) is 24.7 Å². The van der Waals surface area contributed by atoms with E-state index in [0.717, 1.165) is 35.4 Å². The van der Waals surface area contributed by atoms with E-state index in [1.54, 1.807) is 7.11 Å². The lowest BCUT2D eigenvalue weighted by atomic mass is 9.92. The molecule has 1 aromatic heterocycles. The minimum absolute atomic E-state index is 0.188. The molecule has 3 rings (SSSR count). The Hall–Kier alpha value is -2.02. The molecule has 1 fully saturated rings. The second-order valence-corrected chi connectivity index (χ2v) is 8.97. The first-order valence-corrected chi connectivity index (χ1v) is 10.9. The van der Waals surface area contributed by atoms with Gasteiger partial charge in [0.05, 0.1) is 12.9 Å². The van der Waals surface area contributed by atoms with Crippen molar-refractivity contribution >= 4 is 17.7 Å². The molecule has 2 heterocycles. The van der Waals surface area contributed by atoms with Gasteiger partial charge in [-0.3, -0.25) is 9.36 Å². The molecule has 7 heteroatoms. The minimum atomic E-state index is 0.188. The summed E-state index contributed by atoms with van der Waals surface area (Å²) < 4.78 is 7.33. The van der Waals surface area contributed by atoms with Crippen molar-refractivity contribution in [3.8, 4) is 17.1 Å². The number of rotatable bonds is 6. The number of likely N-dealkylation sites (tertiary alicyclic amines) is 1. The Bertz CT molecular complexity index is 793. The molecule has 0 radical (unpaired) electrons. The van der Waals surface area contributed by atoms with Crippen molar-refractivity contribution in [3.63, 3.8) is 0 Å². The quantitative estimate of drug-likeness (QED) is 0.680. The number of benzene rings is 1. The highest BCUT2D eigenvalue weighted by molar-refractivity contribution is 7.99. The van der Waals surface area contributed by atoms with E-state index in [-0.39, 0.29) is 11.9 Å². The number of carbonyl (C=O) groups excluding carboxylic acids is 1. The van der Waals surface area contributed by atoms with Crippen molar-refractivity contribution in [1.29, 1.82) is 0 Å². The van der Waals surface area contributed by atoms with E-state index in [1.165, 1.54) is 18.2 Å². The Balaban J connectivity index is 1.73. The SMILES string of the molecule is COc1ccc(-c2nnc(SCC(=O)N3C[C@H](C)C[C@H](C)C3)n2C(C)C)cc1. The molecule has 1 aliphatic heterocycles. The number of amides is 1. The number of piperidine rings is 1. The number of carbonyl (C=O) groups is 1. The molecule has 152 valence electrons. The second kappa shape index (κ2) is 8.99. The molecule has 1 saturated heterocycles. The minimum Gasteiger partial charge on any atom is -0.497 e. The van der Waals surface area contributed by atoms with Gasteiger partial charge in [-0.15, -0.1) is 10.2 Å². The Morgan fingerprint density at radius 3 is 2.39 bits per heavy atom. The third kappa shape index (κ3) is 4.69. The number of hydrogen-bond acceptors (Lipinski definition) is 5. The van der Waals surface area contributed by atoms with Crippen molar-refractivity contribution in [2.45, 2.75) is 45.3 Å². The van der Waals surface area contributed by atoms with E-state index in [1.807, 2.05) is 29.2 Å². The number of aromatic nitrogens is 3. The highest BCUT2D eigenvalue weighted by Crippen LogP contribution is 2.29. The number of thioether (sulfide) groups is 1. The van der Waals surface area contributed by atoms with Gasteiger partial charge in [0.15, 0.2) is 11.0 Å². The molecule has 1 aromatic carbocycles. The summed E-state index contributed by atoms with van der Waals surface area (Å²) in [4.78, 5) is 14.7. The molecule has 1 amide bonds. The first-order valence-electron chi connectivity index (χ1n) is 9.89. The summed E-state index contributed by atoms with van der Waals surface area (Å²) in [6.07, 6.45) is 1.20. The smallest absolute Gasteiger partial charge is 0.233 e. The van der Waals surface area contributed by atoms with Crippen LogP contribution in [0, 0.1) is 11.8 Å². The molecule has 0 bridgehead atoms. The number of methoxy groups -OCH3 is 1. The second-order valence-electron chi connectivity index (χ2n) is 8.03. The van der Waals surface area contributed by atoms with Gasteiger partial charge in [0.25, 0.3) is 0 Å². The summed E-state index contributed by atoms with van der Waals surface area (Å²) >= 11 is 1.48. The Kier molecular flexibility index (Phi) is 6.65. The zero-order valence-electron chi connectivity index (χ0n) is 17.4. The van der Waals surface area contributed by atoms with Crippen LogP contribution in [0.25, 0.3) is 11.4 Å². The maximum atomic E-state index is 12.7. The van der Waals surface area contributed by atoms with Gasteiger partial charge in [-0.2, -0.15) is 0 Å². The lowest BCUT2D eigenvalue weighted by molar-refractivity contribution is -0.130. The van der Waals surface area contributed by atoms with Crippen LogP contribution in [-0.2, 0) is 4.79 Å². The van der Waals surface area contributed by atoms with Gasteiger partial charge >= 0.3 is 0 Å². The van der Waals surface area contributed by atoms with Gasteiger partial charge in [-0.05, 0) is 56.4 Å². The Labute approximate surface area is 171 Å². The van der Waals surface area contributed by atoms with Crippen LogP contribution in [0.4, 0.5) is 0 Å². The monoisotopic (exact) mass is 402 g/mol. The fourth-order valence-corrected chi connectivity index (χ4v) is 4.83. The molecular formula is C21H30N4O2S. The van der Waals surface area contributed by atoms with Gasteiger partial charge in [0.1, 0.15) is 5.75 Å². The maximum Gasteiger partial charge on any atom is 0.233 e. The van der Waals surface area contributed by atoms with Crippen molar-refractivity contribution < 1.29 is 9.53 Å². The molecule has 2 aromatic rings. The van der Waals surface area contributed by atoms with Crippen molar-refractivity contribution in [3.05, 3.63) is 24.3 Å². The highest BCUT2D eigenvalue weighted by Gasteiger charge is 2.26. The molecule has 28 heavy (non-hydrogen) atoms. The van der Waals surface area contributed by atoms with Gasteiger partial charge in [-0.1, -0.05) is 25.6 Å². The molecule has 6 nitrogen and oxygen atoms in total. The highest BCUT2D eigenvalue weighted by atomic mass is 32.2. The van der Waals surface area contributed by atoms with E-state index >= 15 is 0 Å². The molecule has 0 N–H and O–H groups in total. The average Bonchev–Trinajstić information content (AvgIpc) is 3.09. The molecule has 0 aliphatic carbocycles. The van der Waals surface area contributed by atoms with Crippen LogP contribution in [0.2, 0.25) is 0 Å². The predicted molar refractivity (Wildman–Crippen MR) is 113 cm³/mol. The standard InChI is InChI=1S/C21H30N4O2S/c1-14(2)25-20(17-6-8-18(27-5)9-7-17)22-23-21(25)28-13-19(26)24-11-15(3)10-16(4)12-24/h6-9,14-16H,10-13H2,1-5H3/t15-,16+. The Morgan fingerprint density at radius 2 is 1.82 bits per heavy atom. The molecule has 0 unspecified atom stereocenters. The summed E-state index contributed by atoms with van der Waals surface area (Å²) in [5, 5.41) is 9.57. The third-order valence-corrected chi connectivity index (χ3v) is 6.00. The molecule has 0 spiro atoms. The lowest BCUT2D eigenvalue weighted by Crippen LogP contribution is -2.43. The summed E-state index contributed by atoms with van der Waals surface area (Å²) in [5.74, 6) is 3.34. The Morgan fingerprint density at radius 1 is 1.18 bits per heavy atom. The molecule has 0 saturated carbocycles. The van der Waals surface area contributed by atoms with Crippen LogP contribution < -0.4 is 4.74 Å². The first-order chi connectivity index (χ1) is 13.4. The predicted octanol–water partition coefficient (Wildman–Crippen LogP) is 4.13. The van der Waals surface area contributed by atoms with Crippen molar-refractivity contribution in [2.75, 3.05) is 26.0 Å². The van der Waals surface area contributed by atoms with E-state index in [0.29, 0.717) is 17.6 Å². The largest absolute Gasteiger partial charge is 0.497 e. The number of hydrogen-bond donors (Lipinski definition) is 0. The number of ether oxygens (including phenoxy) is 1. The van der Waals surface area contributed by atoms with Gasteiger partial charge in [0.2, 0.25) is 5.91 Å². The summed E-state index contributed by atoms with van der Waals surface area (Å²) in [7, 11) is 1.65. The van der Waals surface area contributed by atoms with Crippen LogP contribution in [0.15, 0.2) is 29.4 Å². The van der Waals surface area contributed by atoms with Crippen LogP contribution >= 0.6 is 11.8 Å². The van der Waals surface area contributed by atoms with Crippen LogP contribution in [0.3, 0.4) is 0 Å². The van der Waals surface area contributed by atoms with E-state index in [2.05, 4.69) is 42.5 Å². The zero-order valence-corrected chi connectivity index (χ0v) is 18.2. The van der Waals surface area contributed by atoms with Gasteiger partial charge in [-0.25, -0.2) is 0 Å². The molecular weight excluding hydrogens is 372 g/mol. The average molecular weight is 403 g/mol. The number of nitrogens with zero attached hydrogens (tertiary/aromatic N) is 4. The lowest BCUT2D eigenvalue weighted by Gasteiger charge is -2.35. The zero-order chi connectivity index (χ0) is 20.3. The maximum absolute atomic E-state index is 12.7. The van der Waals surface area contributed by atoms with E-state index < -0.39 is 0 Å². The van der Waals surface area contributed by atoms with E-state index in [9.17, 15) is 4.79 Å². The normalized spacial score (nSPS) is 19.9. The topological polar surface area (TPSA) is 60.3 Å². The van der Waals surface area contributed by atoms with E-state index in [4.69, 9.17) is 4.74 Å². The summed E-state index contributed by atoms with van der Waals surface area (Å²) in [5.41, 5.74) is 0.985. The van der Waals surface area contributed by atoms with Crippen molar-refractivity contribution in [1.82, 2.24) is 19.7 Å². The fraction of sp³-hybridized carbons (Fsp3) is 0.571. The van der Waals surface area contributed by atoms with Gasteiger partial charge < -0.3 is 9.64 Å². The van der Waals surface area contributed by atoms with Crippen LogP contribution in [-0.4, -0.2) is 51.5 Å². The summed E-state index contributed by atoms with van der Waals surface area (Å²) in [6.45, 7) is 10.4. The fourth-order valence-electron chi connectivity index (χ4n) is 3.86. The van der Waals surface area contributed by atoms with Crippen LogP contribution in [0.5, 0.6) is 5.75 Å². The molecule has 1 aliphatic rings. The third-order valence-electron chi connectivity index (χ3n) is 5.08. The van der Waals surface area contributed by atoms with Crippen molar-refractivity contribution in [2.24, 2.45) is 11.8 Å². The molecule has 2 atom stereocenters. The van der Waals surface area contributed by atoms with Crippen LogP contribution in [0.1, 0.15) is 40.2 Å². The summed E-state index contributed by atoms with van der Waals surface area (Å²) in [6, 6.07) is 8.00.